The number of likely N-dealkylation sites (tertiary alicyclic amines) is 2. The molecule has 0 spiro atoms. The molecule has 170 valence electrons. The molecule has 2 heterocycles. The molecule has 0 aromatic heterocycles. The van der Waals surface area contributed by atoms with Crippen molar-refractivity contribution in [2.45, 2.75) is 63.6 Å². The van der Waals surface area contributed by atoms with Crippen molar-refractivity contribution < 1.29 is 14.3 Å². The van der Waals surface area contributed by atoms with E-state index >= 15 is 0 Å². The summed E-state index contributed by atoms with van der Waals surface area (Å²) in [6.07, 6.45) is 6.33. The third-order valence-corrected chi connectivity index (χ3v) is 6.17. The van der Waals surface area contributed by atoms with Crippen LogP contribution in [0.5, 0.6) is 0 Å². The number of amides is 2. The number of carbonyl (C=O) groups is 2. The summed E-state index contributed by atoms with van der Waals surface area (Å²) in [5.74, 6) is 0.696. The lowest BCUT2D eigenvalue weighted by Crippen LogP contribution is -2.53. The minimum absolute atomic E-state index is 0.0169. The third-order valence-electron chi connectivity index (χ3n) is 6.17. The van der Waals surface area contributed by atoms with Gasteiger partial charge < -0.3 is 30.1 Å². The van der Waals surface area contributed by atoms with E-state index in [0.29, 0.717) is 31.7 Å². The summed E-state index contributed by atoms with van der Waals surface area (Å²) in [6, 6.07) is 1.42. The number of aliphatic imine (C=N–C) groups is 1. The zero-order chi connectivity index (χ0) is 21.5. The Labute approximate surface area is 180 Å². The van der Waals surface area contributed by atoms with Gasteiger partial charge >= 0.3 is 6.09 Å². The van der Waals surface area contributed by atoms with Gasteiger partial charge in [-0.3, -0.25) is 4.79 Å². The summed E-state index contributed by atoms with van der Waals surface area (Å²) in [5, 5.41) is 7.08. The number of ether oxygens (including phenoxy) is 1. The standard InChI is InChI=1S/C21H38N6O3/c1-4-30-21(29)27-13-9-17(10-14-27)24-20(22-15-19(28)25(2)3)23-16-7-11-26(12-8-16)18-5-6-18/h16-18H,4-15H2,1-3H3,(H2,22,23,24). The Morgan fingerprint density at radius 2 is 1.53 bits per heavy atom. The molecule has 0 atom stereocenters. The Hall–Kier alpha value is -2.03. The first-order chi connectivity index (χ1) is 14.5. The van der Waals surface area contributed by atoms with Gasteiger partial charge in [0.2, 0.25) is 5.91 Å². The van der Waals surface area contributed by atoms with Crippen molar-refractivity contribution in [3.8, 4) is 0 Å². The maximum absolute atomic E-state index is 12.0. The summed E-state index contributed by atoms with van der Waals surface area (Å²) in [6.45, 7) is 5.95. The van der Waals surface area contributed by atoms with Crippen LogP contribution in [-0.2, 0) is 9.53 Å². The van der Waals surface area contributed by atoms with Gasteiger partial charge in [-0.1, -0.05) is 0 Å². The molecule has 2 N–H and O–H groups in total. The minimum Gasteiger partial charge on any atom is -0.450 e. The largest absolute Gasteiger partial charge is 0.450 e. The topological polar surface area (TPSA) is 89.5 Å². The van der Waals surface area contributed by atoms with E-state index in [1.807, 2.05) is 6.92 Å². The maximum Gasteiger partial charge on any atom is 0.409 e. The highest BCUT2D eigenvalue weighted by Gasteiger charge is 2.32. The van der Waals surface area contributed by atoms with Crippen LogP contribution >= 0.6 is 0 Å². The fraction of sp³-hybridized carbons (Fsp3) is 0.857. The first-order valence-corrected chi connectivity index (χ1v) is 11.4. The van der Waals surface area contributed by atoms with Crippen molar-refractivity contribution >= 4 is 18.0 Å². The Morgan fingerprint density at radius 3 is 2.03 bits per heavy atom. The first-order valence-electron chi connectivity index (χ1n) is 11.4. The van der Waals surface area contributed by atoms with Crippen LogP contribution in [0.2, 0.25) is 0 Å². The number of nitrogens with one attached hydrogen (secondary N) is 2. The lowest BCUT2D eigenvalue weighted by molar-refractivity contribution is -0.127. The Balaban J connectivity index is 1.51. The molecular formula is C21H38N6O3. The molecule has 30 heavy (non-hydrogen) atoms. The molecule has 2 aliphatic heterocycles. The second-order valence-corrected chi connectivity index (χ2v) is 8.74. The van der Waals surface area contributed by atoms with E-state index in [1.165, 1.54) is 12.8 Å². The van der Waals surface area contributed by atoms with E-state index in [1.54, 1.807) is 23.9 Å². The lowest BCUT2D eigenvalue weighted by Gasteiger charge is -2.35. The van der Waals surface area contributed by atoms with Gasteiger partial charge in [0.1, 0.15) is 6.54 Å². The predicted octanol–water partition coefficient (Wildman–Crippen LogP) is 0.858. The van der Waals surface area contributed by atoms with Gasteiger partial charge in [0, 0.05) is 58.4 Å². The number of likely N-dealkylation sites (N-methyl/N-ethyl adjacent to an activating group) is 1. The summed E-state index contributed by atoms with van der Waals surface area (Å²) in [4.78, 5) is 34.4. The highest BCUT2D eigenvalue weighted by Crippen LogP contribution is 2.29. The summed E-state index contributed by atoms with van der Waals surface area (Å²) in [5.41, 5.74) is 0. The molecule has 2 saturated heterocycles. The number of hydrogen-bond acceptors (Lipinski definition) is 5. The van der Waals surface area contributed by atoms with Crippen molar-refractivity contribution in [1.29, 1.82) is 0 Å². The number of guanidine groups is 1. The Kier molecular flexibility index (Phi) is 8.18. The van der Waals surface area contributed by atoms with E-state index in [9.17, 15) is 9.59 Å². The van der Waals surface area contributed by atoms with E-state index < -0.39 is 0 Å². The van der Waals surface area contributed by atoms with Crippen molar-refractivity contribution in [3.63, 3.8) is 0 Å². The van der Waals surface area contributed by atoms with Crippen LogP contribution in [0, 0.1) is 0 Å². The fourth-order valence-corrected chi connectivity index (χ4v) is 4.08. The molecule has 0 radical (unpaired) electrons. The zero-order valence-electron chi connectivity index (χ0n) is 18.7. The minimum atomic E-state index is -0.234. The molecule has 0 unspecified atom stereocenters. The quantitative estimate of drug-likeness (QED) is 0.487. The fourth-order valence-electron chi connectivity index (χ4n) is 4.08. The monoisotopic (exact) mass is 422 g/mol. The highest BCUT2D eigenvalue weighted by molar-refractivity contribution is 5.85. The molecule has 2 amide bonds. The van der Waals surface area contributed by atoms with Gasteiger partial charge in [0.05, 0.1) is 6.61 Å². The van der Waals surface area contributed by atoms with Crippen LogP contribution in [0.3, 0.4) is 0 Å². The Morgan fingerprint density at radius 1 is 0.967 bits per heavy atom. The van der Waals surface area contributed by atoms with Crippen molar-refractivity contribution in [2.75, 3.05) is 53.4 Å². The first kappa shape index (κ1) is 22.7. The second-order valence-electron chi connectivity index (χ2n) is 8.74. The molecule has 3 fully saturated rings. The average Bonchev–Trinajstić information content (AvgIpc) is 3.58. The van der Waals surface area contributed by atoms with Gasteiger partial charge in [-0.2, -0.15) is 0 Å². The third kappa shape index (κ3) is 6.75. The number of carbonyl (C=O) groups excluding carboxylic acids is 2. The lowest BCUT2D eigenvalue weighted by atomic mass is 10.0. The van der Waals surface area contributed by atoms with Gasteiger partial charge in [0.25, 0.3) is 0 Å². The second kappa shape index (κ2) is 10.8. The molecule has 0 aromatic rings. The van der Waals surface area contributed by atoms with Crippen LogP contribution in [-0.4, -0.2) is 104 Å². The molecule has 3 rings (SSSR count). The Bertz CT molecular complexity index is 606. The normalized spacial score (nSPS) is 22.0. The van der Waals surface area contributed by atoms with Gasteiger partial charge in [-0.05, 0) is 45.4 Å². The molecule has 9 nitrogen and oxygen atoms in total. The van der Waals surface area contributed by atoms with Gasteiger partial charge in [0.15, 0.2) is 5.96 Å². The van der Waals surface area contributed by atoms with E-state index in [4.69, 9.17) is 4.74 Å². The highest BCUT2D eigenvalue weighted by atomic mass is 16.6. The molecule has 1 aliphatic carbocycles. The molecule has 0 aromatic carbocycles. The number of rotatable bonds is 6. The zero-order valence-corrected chi connectivity index (χ0v) is 18.7. The summed E-state index contributed by atoms with van der Waals surface area (Å²) >= 11 is 0. The number of piperidine rings is 2. The van der Waals surface area contributed by atoms with E-state index in [0.717, 1.165) is 44.8 Å². The average molecular weight is 423 g/mol. The SMILES string of the molecule is CCOC(=O)N1CCC(NC(=NCC(=O)N(C)C)NC2CCN(C3CC3)CC2)CC1. The molecule has 1 saturated carbocycles. The number of hydrogen-bond donors (Lipinski definition) is 2. The molecular weight excluding hydrogens is 384 g/mol. The molecule has 3 aliphatic rings. The molecule has 9 heteroatoms. The molecule has 0 bridgehead atoms. The van der Waals surface area contributed by atoms with E-state index in [2.05, 4.69) is 20.5 Å². The van der Waals surface area contributed by atoms with Crippen molar-refractivity contribution in [2.24, 2.45) is 4.99 Å². The van der Waals surface area contributed by atoms with E-state index in [-0.39, 0.29) is 24.6 Å². The summed E-state index contributed by atoms with van der Waals surface area (Å²) in [7, 11) is 3.49. The number of nitrogens with zero attached hydrogens (tertiary/aromatic N) is 4. The van der Waals surface area contributed by atoms with Crippen LogP contribution in [0.15, 0.2) is 4.99 Å². The van der Waals surface area contributed by atoms with Crippen molar-refractivity contribution in [3.05, 3.63) is 0 Å². The van der Waals surface area contributed by atoms with Crippen LogP contribution in [0.25, 0.3) is 0 Å². The van der Waals surface area contributed by atoms with Crippen LogP contribution in [0.4, 0.5) is 4.79 Å². The smallest absolute Gasteiger partial charge is 0.409 e. The van der Waals surface area contributed by atoms with Crippen LogP contribution < -0.4 is 10.6 Å². The maximum atomic E-state index is 12.0. The van der Waals surface area contributed by atoms with Gasteiger partial charge in [-0.15, -0.1) is 0 Å². The van der Waals surface area contributed by atoms with Crippen LogP contribution in [0.1, 0.15) is 45.4 Å². The predicted molar refractivity (Wildman–Crippen MR) is 117 cm³/mol. The van der Waals surface area contributed by atoms with Gasteiger partial charge in [-0.25, -0.2) is 9.79 Å². The summed E-state index contributed by atoms with van der Waals surface area (Å²) < 4.78 is 5.10. The van der Waals surface area contributed by atoms with Crippen molar-refractivity contribution in [1.82, 2.24) is 25.3 Å².